The van der Waals surface area contributed by atoms with E-state index in [9.17, 15) is 9.18 Å². The van der Waals surface area contributed by atoms with E-state index in [2.05, 4.69) is 19.2 Å². The second-order valence-corrected chi connectivity index (χ2v) is 6.26. The third kappa shape index (κ3) is 3.36. The summed E-state index contributed by atoms with van der Waals surface area (Å²) in [7, 11) is 0. The maximum absolute atomic E-state index is 13.2. The van der Waals surface area contributed by atoms with Crippen molar-refractivity contribution in [1.29, 1.82) is 0 Å². The molecule has 20 heavy (non-hydrogen) atoms. The molecule has 3 nitrogen and oxygen atoms in total. The molecule has 0 saturated heterocycles. The number of carbonyl (C=O) groups excluding carboxylic acids is 1. The topological polar surface area (TPSA) is 55.1 Å². The summed E-state index contributed by atoms with van der Waals surface area (Å²) < 4.78 is 13.2. The van der Waals surface area contributed by atoms with Crippen LogP contribution in [0.3, 0.4) is 0 Å². The Morgan fingerprint density at radius 2 is 2.15 bits per heavy atom. The highest BCUT2D eigenvalue weighted by molar-refractivity contribution is 7.10. The van der Waals surface area contributed by atoms with Gasteiger partial charge in [0.25, 0.3) is 5.91 Å². The van der Waals surface area contributed by atoms with E-state index in [1.165, 1.54) is 23.1 Å². The number of anilines is 1. The van der Waals surface area contributed by atoms with Gasteiger partial charge in [-0.05, 0) is 29.6 Å². The van der Waals surface area contributed by atoms with Gasteiger partial charge in [-0.3, -0.25) is 4.79 Å². The molecule has 0 saturated carbocycles. The minimum Gasteiger partial charge on any atom is -0.399 e. The first-order valence-electron chi connectivity index (χ1n) is 6.27. The number of thiophene rings is 1. The largest absolute Gasteiger partial charge is 0.399 e. The first-order chi connectivity index (χ1) is 9.38. The fourth-order valence-electron chi connectivity index (χ4n) is 1.90. The number of halogens is 1. The minimum atomic E-state index is -0.507. The standard InChI is InChI=1S/C15H17FN2OS/c1-15(2,13-4-3-5-20-13)9-18-14(19)10-6-11(16)8-12(17)7-10/h3-8H,9,17H2,1-2H3,(H,18,19). The summed E-state index contributed by atoms with van der Waals surface area (Å²) in [6, 6.07) is 7.86. The molecule has 2 aromatic rings. The molecular formula is C15H17FN2OS. The summed E-state index contributed by atoms with van der Waals surface area (Å²) in [6.07, 6.45) is 0. The molecule has 106 valence electrons. The maximum Gasteiger partial charge on any atom is 0.251 e. The number of benzene rings is 1. The molecule has 0 spiro atoms. The van der Waals surface area contributed by atoms with Crippen LogP contribution in [0.2, 0.25) is 0 Å². The number of nitrogens with one attached hydrogen (secondary N) is 1. The van der Waals surface area contributed by atoms with Crippen LogP contribution in [0.15, 0.2) is 35.7 Å². The average molecular weight is 292 g/mol. The fraction of sp³-hybridized carbons (Fsp3) is 0.267. The lowest BCUT2D eigenvalue weighted by molar-refractivity contribution is 0.0945. The highest BCUT2D eigenvalue weighted by Crippen LogP contribution is 2.26. The van der Waals surface area contributed by atoms with Gasteiger partial charge in [-0.2, -0.15) is 0 Å². The SMILES string of the molecule is CC(C)(CNC(=O)c1cc(N)cc(F)c1)c1cccs1. The number of nitrogens with two attached hydrogens (primary N) is 1. The van der Waals surface area contributed by atoms with Gasteiger partial charge in [0, 0.05) is 28.1 Å². The number of hydrogen-bond acceptors (Lipinski definition) is 3. The van der Waals surface area contributed by atoms with Gasteiger partial charge in [0.1, 0.15) is 5.82 Å². The maximum atomic E-state index is 13.2. The summed E-state index contributed by atoms with van der Waals surface area (Å²) in [5, 5.41) is 4.83. The van der Waals surface area contributed by atoms with Crippen molar-refractivity contribution in [1.82, 2.24) is 5.32 Å². The van der Waals surface area contributed by atoms with Crippen LogP contribution in [-0.2, 0) is 5.41 Å². The molecule has 0 aliphatic heterocycles. The van der Waals surface area contributed by atoms with Crippen molar-refractivity contribution in [3.63, 3.8) is 0 Å². The van der Waals surface area contributed by atoms with Crippen molar-refractivity contribution in [2.24, 2.45) is 0 Å². The lowest BCUT2D eigenvalue weighted by Crippen LogP contribution is -2.36. The highest BCUT2D eigenvalue weighted by Gasteiger charge is 2.22. The second kappa shape index (κ2) is 5.63. The van der Waals surface area contributed by atoms with Crippen molar-refractivity contribution in [3.8, 4) is 0 Å². The predicted molar refractivity (Wildman–Crippen MR) is 80.5 cm³/mol. The lowest BCUT2D eigenvalue weighted by atomic mass is 9.91. The van der Waals surface area contributed by atoms with Crippen LogP contribution in [0.5, 0.6) is 0 Å². The smallest absolute Gasteiger partial charge is 0.251 e. The van der Waals surface area contributed by atoms with E-state index in [1.807, 2.05) is 17.5 Å². The number of carbonyl (C=O) groups is 1. The molecule has 1 aromatic carbocycles. The molecule has 0 unspecified atom stereocenters. The zero-order valence-electron chi connectivity index (χ0n) is 11.4. The molecule has 0 bridgehead atoms. The average Bonchev–Trinajstić information content (AvgIpc) is 2.89. The quantitative estimate of drug-likeness (QED) is 0.850. The van der Waals surface area contributed by atoms with E-state index < -0.39 is 5.82 Å². The molecule has 0 aliphatic rings. The van der Waals surface area contributed by atoms with E-state index in [1.54, 1.807) is 11.3 Å². The van der Waals surface area contributed by atoms with Gasteiger partial charge in [-0.15, -0.1) is 11.3 Å². The predicted octanol–water partition coefficient (Wildman–Crippen LogP) is 3.18. The van der Waals surface area contributed by atoms with Crippen molar-refractivity contribution in [2.45, 2.75) is 19.3 Å². The molecule has 1 heterocycles. The molecular weight excluding hydrogens is 275 g/mol. The van der Waals surface area contributed by atoms with E-state index in [0.717, 1.165) is 0 Å². The fourth-order valence-corrected chi connectivity index (χ4v) is 2.75. The molecule has 5 heteroatoms. The van der Waals surface area contributed by atoms with Crippen molar-refractivity contribution in [2.75, 3.05) is 12.3 Å². The van der Waals surface area contributed by atoms with E-state index in [0.29, 0.717) is 6.54 Å². The number of nitrogen functional groups attached to an aromatic ring is 1. The Morgan fingerprint density at radius 3 is 2.75 bits per heavy atom. The molecule has 1 amide bonds. The van der Waals surface area contributed by atoms with E-state index >= 15 is 0 Å². The van der Waals surface area contributed by atoms with Crippen LogP contribution in [0.25, 0.3) is 0 Å². The summed E-state index contributed by atoms with van der Waals surface area (Å²) >= 11 is 1.65. The molecule has 1 aromatic heterocycles. The molecule has 3 N–H and O–H groups in total. The van der Waals surface area contributed by atoms with Crippen LogP contribution in [-0.4, -0.2) is 12.5 Å². The van der Waals surface area contributed by atoms with Crippen LogP contribution >= 0.6 is 11.3 Å². The lowest BCUT2D eigenvalue weighted by Gasteiger charge is -2.23. The van der Waals surface area contributed by atoms with Gasteiger partial charge < -0.3 is 11.1 Å². The molecule has 0 aliphatic carbocycles. The first kappa shape index (κ1) is 14.5. The van der Waals surface area contributed by atoms with Crippen molar-refractivity contribution >= 4 is 22.9 Å². The van der Waals surface area contributed by atoms with Gasteiger partial charge in [0.15, 0.2) is 0 Å². The number of rotatable bonds is 4. The Labute approximate surface area is 121 Å². The zero-order chi connectivity index (χ0) is 14.8. The van der Waals surface area contributed by atoms with Crippen LogP contribution < -0.4 is 11.1 Å². The van der Waals surface area contributed by atoms with Crippen LogP contribution in [0.1, 0.15) is 29.1 Å². The van der Waals surface area contributed by atoms with Gasteiger partial charge in [0.2, 0.25) is 0 Å². The highest BCUT2D eigenvalue weighted by atomic mass is 32.1. The summed E-state index contributed by atoms with van der Waals surface area (Å²) in [4.78, 5) is 13.2. The van der Waals surface area contributed by atoms with E-state index in [-0.39, 0.29) is 22.6 Å². The summed E-state index contributed by atoms with van der Waals surface area (Å²) in [6.45, 7) is 4.58. The summed E-state index contributed by atoms with van der Waals surface area (Å²) in [5.41, 5.74) is 5.86. The third-order valence-electron chi connectivity index (χ3n) is 3.06. The normalized spacial score (nSPS) is 11.3. The van der Waals surface area contributed by atoms with E-state index in [4.69, 9.17) is 5.73 Å². The van der Waals surface area contributed by atoms with Crippen LogP contribution in [0, 0.1) is 5.82 Å². The summed E-state index contributed by atoms with van der Waals surface area (Å²) in [5.74, 6) is -0.825. The van der Waals surface area contributed by atoms with Crippen molar-refractivity contribution < 1.29 is 9.18 Å². The Bertz CT molecular complexity index is 588. The molecule has 0 radical (unpaired) electrons. The zero-order valence-corrected chi connectivity index (χ0v) is 12.3. The van der Waals surface area contributed by atoms with Gasteiger partial charge >= 0.3 is 0 Å². The monoisotopic (exact) mass is 292 g/mol. The Kier molecular flexibility index (Phi) is 4.09. The van der Waals surface area contributed by atoms with Crippen molar-refractivity contribution in [3.05, 3.63) is 52.0 Å². The van der Waals surface area contributed by atoms with Crippen LogP contribution in [0.4, 0.5) is 10.1 Å². The Balaban J connectivity index is 2.05. The number of hydrogen-bond donors (Lipinski definition) is 2. The Morgan fingerprint density at radius 1 is 1.40 bits per heavy atom. The second-order valence-electron chi connectivity index (χ2n) is 5.32. The first-order valence-corrected chi connectivity index (χ1v) is 7.15. The molecule has 2 rings (SSSR count). The van der Waals surface area contributed by atoms with Gasteiger partial charge in [0.05, 0.1) is 0 Å². The minimum absolute atomic E-state index is 0.164. The Hall–Kier alpha value is -1.88. The number of amides is 1. The molecule has 0 atom stereocenters. The molecule has 0 fully saturated rings. The third-order valence-corrected chi connectivity index (χ3v) is 4.30. The van der Waals surface area contributed by atoms with Gasteiger partial charge in [-0.25, -0.2) is 4.39 Å². The van der Waals surface area contributed by atoms with Gasteiger partial charge in [-0.1, -0.05) is 19.9 Å².